The van der Waals surface area contributed by atoms with Crippen molar-refractivity contribution in [3.8, 4) is 0 Å². The summed E-state index contributed by atoms with van der Waals surface area (Å²) in [5, 5.41) is 9.25. The van der Waals surface area contributed by atoms with Crippen molar-refractivity contribution in [2.24, 2.45) is 5.92 Å². The van der Waals surface area contributed by atoms with Crippen LogP contribution in [0, 0.1) is 5.92 Å². The lowest BCUT2D eigenvalue weighted by Crippen LogP contribution is -2.52. The van der Waals surface area contributed by atoms with Crippen molar-refractivity contribution in [1.82, 2.24) is 9.80 Å². The number of aliphatic carboxylic acids is 1. The van der Waals surface area contributed by atoms with E-state index >= 15 is 0 Å². The highest BCUT2D eigenvalue weighted by Crippen LogP contribution is 2.26. The van der Waals surface area contributed by atoms with Crippen molar-refractivity contribution in [1.29, 1.82) is 0 Å². The van der Waals surface area contributed by atoms with Gasteiger partial charge in [-0.3, -0.25) is 14.4 Å². The number of carboxylic acid groups (broad SMARTS) is 1. The Morgan fingerprint density at radius 1 is 1.30 bits per heavy atom. The molecule has 0 bridgehead atoms. The maximum Gasteiger partial charge on any atom is 0.308 e. The SMILES string of the molecule is C[C@@H]1[C@H](C(=O)O)CCCN1C(=O)CN1Cc2ccccc2C1=O. The number of amides is 2. The molecule has 1 aromatic carbocycles. The molecule has 2 amide bonds. The Bertz CT molecular complexity index is 658. The van der Waals surface area contributed by atoms with Gasteiger partial charge in [0.1, 0.15) is 6.54 Å². The number of piperidine rings is 1. The normalized spacial score (nSPS) is 23.8. The zero-order valence-electron chi connectivity index (χ0n) is 13.1. The highest BCUT2D eigenvalue weighted by atomic mass is 16.4. The van der Waals surface area contributed by atoms with Crippen LogP contribution >= 0.6 is 0 Å². The molecule has 1 aromatic rings. The first-order chi connectivity index (χ1) is 11.0. The Morgan fingerprint density at radius 3 is 2.74 bits per heavy atom. The first-order valence-electron chi connectivity index (χ1n) is 7.88. The minimum absolute atomic E-state index is 0.00416. The average molecular weight is 316 g/mol. The van der Waals surface area contributed by atoms with E-state index < -0.39 is 11.9 Å². The van der Waals surface area contributed by atoms with Gasteiger partial charge in [0.15, 0.2) is 0 Å². The molecule has 122 valence electrons. The van der Waals surface area contributed by atoms with E-state index in [2.05, 4.69) is 0 Å². The predicted molar refractivity (Wildman–Crippen MR) is 82.7 cm³/mol. The number of benzene rings is 1. The molecule has 1 N–H and O–H groups in total. The summed E-state index contributed by atoms with van der Waals surface area (Å²) in [5.74, 6) is -1.70. The fraction of sp³-hybridized carbons (Fsp3) is 0.471. The molecule has 2 heterocycles. The summed E-state index contributed by atoms with van der Waals surface area (Å²) in [4.78, 5) is 39.3. The van der Waals surface area contributed by atoms with Crippen LogP contribution in [0.4, 0.5) is 0 Å². The van der Waals surface area contributed by atoms with E-state index in [0.29, 0.717) is 31.5 Å². The Labute approximate surface area is 134 Å². The lowest BCUT2D eigenvalue weighted by Gasteiger charge is -2.38. The van der Waals surface area contributed by atoms with E-state index in [9.17, 15) is 19.5 Å². The number of carboxylic acids is 1. The summed E-state index contributed by atoms with van der Waals surface area (Å²) in [5.41, 5.74) is 1.58. The van der Waals surface area contributed by atoms with E-state index in [1.165, 1.54) is 4.90 Å². The van der Waals surface area contributed by atoms with Crippen LogP contribution in [0.1, 0.15) is 35.7 Å². The minimum Gasteiger partial charge on any atom is -0.481 e. The fourth-order valence-electron chi connectivity index (χ4n) is 3.52. The predicted octanol–water partition coefficient (Wildman–Crippen LogP) is 1.35. The fourth-order valence-corrected chi connectivity index (χ4v) is 3.52. The maximum atomic E-state index is 12.6. The molecule has 1 fully saturated rings. The monoisotopic (exact) mass is 316 g/mol. The number of carbonyl (C=O) groups is 3. The Balaban J connectivity index is 1.68. The van der Waals surface area contributed by atoms with Crippen LogP contribution in [-0.2, 0) is 16.1 Å². The first kappa shape index (κ1) is 15.5. The summed E-state index contributed by atoms with van der Waals surface area (Å²) in [7, 11) is 0. The van der Waals surface area contributed by atoms with Crippen LogP contribution < -0.4 is 0 Å². The molecule has 0 aromatic heterocycles. The van der Waals surface area contributed by atoms with Crippen molar-refractivity contribution < 1.29 is 19.5 Å². The van der Waals surface area contributed by atoms with Gasteiger partial charge in [-0.2, -0.15) is 0 Å². The van der Waals surface area contributed by atoms with E-state index in [1.54, 1.807) is 17.9 Å². The van der Waals surface area contributed by atoms with Gasteiger partial charge in [-0.05, 0) is 31.4 Å². The second-order valence-corrected chi connectivity index (χ2v) is 6.23. The van der Waals surface area contributed by atoms with Gasteiger partial charge in [-0.25, -0.2) is 0 Å². The zero-order chi connectivity index (χ0) is 16.6. The number of nitrogens with zero attached hydrogens (tertiary/aromatic N) is 2. The average Bonchev–Trinajstić information content (AvgIpc) is 2.84. The number of rotatable bonds is 3. The van der Waals surface area contributed by atoms with Crippen LogP contribution in [-0.4, -0.2) is 51.8 Å². The largest absolute Gasteiger partial charge is 0.481 e. The van der Waals surface area contributed by atoms with Gasteiger partial charge in [0, 0.05) is 24.7 Å². The van der Waals surface area contributed by atoms with Crippen molar-refractivity contribution in [3.63, 3.8) is 0 Å². The van der Waals surface area contributed by atoms with Crippen LogP contribution in [0.2, 0.25) is 0 Å². The van der Waals surface area contributed by atoms with E-state index in [1.807, 2.05) is 18.2 Å². The highest BCUT2D eigenvalue weighted by molar-refractivity contribution is 6.00. The molecule has 2 atom stereocenters. The van der Waals surface area contributed by atoms with Gasteiger partial charge >= 0.3 is 5.97 Å². The molecule has 2 aliphatic heterocycles. The third kappa shape index (κ3) is 2.81. The molecule has 0 aliphatic carbocycles. The van der Waals surface area contributed by atoms with Crippen LogP contribution in [0.5, 0.6) is 0 Å². The van der Waals surface area contributed by atoms with Gasteiger partial charge in [0.25, 0.3) is 5.91 Å². The summed E-state index contributed by atoms with van der Waals surface area (Å²) in [6, 6.07) is 7.01. The van der Waals surface area contributed by atoms with Gasteiger partial charge in [0.2, 0.25) is 5.91 Å². The zero-order valence-corrected chi connectivity index (χ0v) is 13.1. The molecule has 0 saturated carbocycles. The Kier molecular flexibility index (Phi) is 4.07. The molecule has 0 radical (unpaired) electrons. The Hall–Kier alpha value is -2.37. The molecule has 6 nitrogen and oxygen atoms in total. The summed E-state index contributed by atoms with van der Waals surface area (Å²) in [6.45, 7) is 2.77. The van der Waals surface area contributed by atoms with Crippen LogP contribution in [0.15, 0.2) is 24.3 Å². The van der Waals surface area contributed by atoms with Crippen molar-refractivity contribution in [2.45, 2.75) is 32.4 Å². The molecule has 6 heteroatoms. The first-order valence-corrected chi connectivity index (χ1v) is 7.88. The molecule has 23 heavy (non-hydrogen) atoms. The summed E-state index contributed by atoms with van der Waals surface area (Å²) >= 11 is 0. The smallest absolute Gasteiger partial charge is 0.308 e. The number of hydrogen-bond donors (Lipinski definition) is 1. The lowest BCUT2D eigenvalue weighted by atomic mass is 9.90. The van der Waals surface area contributed by atoms with Crippen molar-refractivity contribution >= 4 is 17.8 Å². The van der Waals surface area contributed by atoms with Crippen molar-refractivity contribution in [3.05, 3.63) is 35.4 Å². The van der Waals surface area contributed by atoms with Gasteiger partial charge in [0.05, 0.1) is 5.92 Å². The maximum absolute atomic E-state index is 12.6. The molecule has 1 saturated heterocycles. The Morgan fingerprint density at radius 2 is 2.04 bits per heavy atom. The summed E-state index contributed by atoms with van der Waals surface area (Å²) in [6.07, 6.45) is 1.27. The minimum atomic E-state index is -0.861. The van der Waals surface area contributed by atoms with E-state index in [-0.39, 0.29) is 24.4 Å². The van der Waals surface area contributed by atoms with E-state index in [0.717, 1.165) is 5.56 Å². The third-order valence-corrected chi connectivity index (χ3v) is 4.85. The summed E-state index contributed by atoms with van der Waals surface area (Å²) < 4.78 is 0. The van der Waals surface area contributed by atoms with Gasteiger partial charge in [-0.1, -0.05) is 18.2 Å². The van der Waals surface area contributed by atoms with Crippen molar-refractivity contribution in [2.75, 3.05) is 13.1 Å². The van der Waals surface area contributed by atoms with Crippen LogP contribution in [0.3, 0.4) is 0 Å². The topological polar surface area (TPSA) is 77.9 Å². The molecular weight excluding hydrogens is 296 g/mol. The van der Waals surface area contributed by atoms with Crippen LogP contribution in [0.25, 0.3) is 0 Å². The third-order valence-electron chi connectivity index (χ3n) is 4.85. The number of hydrogen-bond acceptors (Lipinski definition) is 3. The molecular formula is C17H20N2O4. The molecule has 0 spiro atoms. The van der Waals surface area contributed by atoms with Gasteiger partial charge in [-0.15, -0.1) is 0 Å². The van der Waals surface area contributed by atoms with Gasteiger partial charge < -0.3 is 14.9 Å². The molecule has 0 unspecified atom stereocenters. The quantitative estimate of drug-likeness (QED) is 0.913. The molecule has 2 aliphatic rings. The number of likely N-dealkylation sites (tertiary alicyclic amines) is 1. The lowest BCUT2D eigenvalue weighted by molar-refractivity contribution is -0.149. The molecule has 3 rings (SSSR count). The second-order valence-electron chi connectivity index (χ2n) is 6.23. The second kappa shape index (κ2) is 6.02. The van der Waals surface area contributed by atoms with E-state index in [4.69, 9.17) is 0 Å². The number of carbonyl (C=O) groups excluding carboxylic acids is 2. The highest BCUT2D eigenvalue weighted by Gasteiger charge is 2.37. The number of fused-ring (bicyclic) bond motifs is 1. The standard InChI is InChI=1S/C17H20N2O4/c1-11-13(17(22)23)7-4-8-19(11)15(20)10-18-9-12-5-2-3-6-14(12)16(18)21/h2-3,5-6,11,13H,4,7-10H2,1H3,(H,22,23)/t11-,13-/m1/s1.